The molecule has 0 saturated heterocycles. The van der Waals surface area contributed by atoms with Crippen LogP contribution in [0.4, 0.5) is 0 Å². The van der Waals surface area contributed by atoms with Gasteiger partial charge in [0.2, 0.25) is 10.0 Å². The highest BCUT2D eigenvalue weighted by Crippen LogP contribution is 2.26. The quantitative estimate of drug-likeness (QED) is 0.867. The summed E-state index contributed by atoms with van der Waals surface area (Å²) < 4.78 is 38.3. The lowest BCUT2D eigenvalue weighted by molar-refractivity contribution is 0.570. The molecule has 1 aromatic rings. The standard InChI is InChI=1S/C13H20ClNO3S2/c1-9(2)11-5-6-12(14)13(7-11)20(17,18)15-10(3)8-19(4)16/h5-7,9-10,15H,8H2,1-4H3/t10-,19-/m0/s1. The molecule has 1 aromatic carbocycles. The lowest BCUT2D eigenvalue weighted by atomic mass is 10.0. The van der Waals surface area contributed by atoms with Gasteiger partial charge in [-0.3, -0.25) is 4.21 Å². The van der Waals surface area contributed by atoms with Gasteiger partial charge in [-0.25, -0.2) is 13.1 Å². The first-order valence-corrected chi connectivity index (χ1v) is 9.84. The van der Waals surface area contributed by atoms with E-state index in [0.29, 0.717) is 0 Å². The van der Waals surface area contributed by atoms with Gasteiger partial charge in [0.25, 0.3) is 0 Å². The average Bonchev–Trinajstić information content (AvgIpc) is 2.26. The van der Waals surface area contributed by atoms with E-state index in [1.165, 1.54) is 6.26 Å². The van der Waals surface area contributed by atoms with Gasteiger partial charge in [0.1, 0.15) is 4.90 Å². The molecule has 0 saturated carbocycles. The molecule has 0 aliphatic rings. The third-order valence-corrected chi connectivity index (χ3v) is 5.79. The average molecular weight is 338 g/mol. The van der Waals surface area contributed by atoms with Crippen molar-refractivity contribution < 1.29 is 12.6 Å². The van der Waals surface area contributed by atoms with Gasteiger partial charge in [-0.1, -0.05) is 31.5 Å². The van der Waals surface area contributed by atoms with Gasteiger partial charge in [0.15, 0.2) is 0 Å². The summed E-state index contributed by atoms with van der Waals surface area (Å²) in [5, 5.41) is 0.187. The highest BCUT2D eigenvalue weighted by atomic mass is 35.5. The Hall–Kier alpha value is -0.430. The van der Waals surface area contributed by atoms with E-state index in [0.717, 1.165) is 5.56 Å². The maximum absolute atomic E-state index is 12.3. The molecular weight excluding hydrogens is 318 g/mol. The molecule has 4 nitrogen and oxygen atoms in total. The molecular formula is C13H20ClNO3S2. The fourth-order valence-electron chi connectivity index (χ4n) is 1.80. The third kappa shape index (κ3) is 4.84. The summed E-state index contributed by atoms with van der Waals surface area (Å²) in [5.41, 5.74) is 0.904. The molecule has 0 aliphatic carbocycles. The molecule has 0 unspecified atom stereocenters. The van der Waals surface area contributed by atoms with Crippen LogP contribution >= 0.6 is 11.6 Å². The van der Waals surface area contributed by atoms with Crippen LogP contribution in [-0.4, -0.2) is 30.7 Å². The van der Waals surface area contributed by atoms with E-state index in [-0.39, 0.29) is 21.6 Å². The van der Waals surface area contributed by atoms with Crippen molar-refractivity contribution in [3.8, 4) is 0 Å². The summed E-state index contributed by atoms with van der Waals surface area (Å²) in [4.78, 5) is 0.0686. The van der Waals surface area contributed by atoms with Crippen LogP contribution in [0, 0.1) is 0 Å². The highest BCUT2D eigenvalue weighted by molar-refractivity contribution is 7.89. The second-order valence-electron chi connectivity index (χ2n) is 5.11. The Morgan fingerprint density at radius 1 is 1.30 bits per heavy atom. The van der Waals surface area contributed by atoms with Crippen LogP contribution in [0.5, 0.6) is 0 Å². The smallest absolute Gasteiger partial charge is 0.242 e. The highest BCUT2D eigenvalue weighted by Gasteiger charge is 2.21. The molecule has 0 aromatic heterocycles. The second kappa shape index (κ2) is 7.02. The predicted octanol–water partition coefficient (Wildman–Crippen LogP) is 2.51. The number of halogens is 1. The minimum Gasteiger partial charge on any atom is -0.260 e. The Labute approximate surface area is 128 Å². The second-order valence-corrected chi connectivity index (χ2v) is 8.68. The Bertz CT molecular complexity index is 600. The first-order valence-electron chi connectivity index (χ1n) is 6.25. The van der Waals surface area contributed by atoms with E-state index in [1.807, 2.05) is 19.9 Å². The zero-order chi connectivity index (χ0) is 15.5. The predicted molar refractivity (Wildman–Crippen MR) is 84.3 cm³/mol. The molecule has 2 atom stereocenters. The van der Waals surface area contributed by atoms with Gasteiger partial charge < -0.3 is 0 Å². The number of rotatable bonds is 6. The Morgan fingerprint density at radius 2 is 1.90 bits per heavy atom. The lowest BCUT2D eigenvalue weighted by Crippen LogP contribution is -2.36. The molecule has 0 aliphatic heterocycles. The number of benzene rings is 1. The fourth-order valence-corrected chi connectivity index (χ4v) is 4.47. The summed E-state index contributed by atoms with van der Waals surface area (Å²) in [6.07, 6.45) is 1.54. The van der Waals surface area contributed by atoms with Crippen molar-refractivity contribution in [1.82, 2.24) is 4.72 Å². The minimum atomic E-state index is -3.71. The SMILES string of the molecule is CC(C)c1ccc(Cl)c(S(=O)(=O)N[C@@H](C)C[S@](C)=O)c1. The molecule has 0 heterocycles. The van der Waals surface area contributed by atoms with Crippen LogP contribution in [0.3, 0.4) is 0 Å². The summed E-state index contributed by atoms with van der Waals surface area (Å²) in [7, 11) is -4.77. The summed E-state index contributed by atoms with van der Waals surface area (Å²) >= 11 is 6.00. The van der Waals surface area contributed by atoms with Crippen molar-refractivity contribution in [2.45, 2.75) is 37.6 Å². The van der Waals surface area contributed by atoms with E-state index >= 15 is 0 Å². The molecule has 0 spiro atoms. The zero-order valence-corrected chi connectivity index (χ0v) is 14.4. The Kier molecular flexibility index (Phi) is 6.19. The van der Waals surface area contributed by atoms with Crippen molar-refractivity contribution in [2.75, 3.05) is 12.0 Å². The zero-order valence-electron chi connectivity index (χ0n) is 12.0. The molecule has 0 amide bonds. The van der Waals surface area contributed by atoms with Gasteiger partial charge in [0.05, 0.1) is 5.02 Å². The van der Waals surface area contributed by atoms with E-state index < -0.39 is 26.9 Å². The number of nitrogens with one attached hydrogen (secondary N) is 1. The normalized spacial score (nSPS) is 15.3. The van der Waals surface area contributed by atoms with Crippen LogP contribution in [0.2, 0.25) is 5.02 Å². The Morgan fingerprint density at radius 3 is 2.40 bits per heavy atom. The number of hydrogen-bond acceptors (Lipinski definition) is 3. The largest absolute Gasteiger partial charge is 0.260 e. The molecule has 20 heavy (non-hydrogen) atoms. The Balaban J connectivity index is 3.09. The van der Waals surface area contributed by atoms with Gasteiger partial charge in [0, 0.05) is 28.9 Å². The monoisotopic (exact) mass is 337 g/mol. The van der Waals surface area contributed by atoms with Crippen LogP contribution in [0.15, 0.2) is 23.1 Å². The van der Waals surface area contributed by atoms with E-state index in [4.69, 9.17) is 11.6 Å². The molecule has 114 valence electrons. The topological polar surface area (TPSA) is 63.2 Å². The third-order valence-electron chi connectivity index (χ3n) is 2.75. The van der Waals surface area contributed by atoms with Crippen LogP contribution in [0.1, 0.15) is 32.3 Å². The number of hydrogen-bond donors (Lipinski definition) is 1. The van der Waals surface area contributed by atoms with Crippen LogP contribution in [-0.2, 0) is 20.8 Å². The van der Waals surface area contributed by atoms with Gasteiger partial charge >= 0.3 is 0 Å². The first kappa shape index (κ1) is 17.6. The van der Waals surface area contributed by atoms with Gasteiger partial charge in [-0.05, 0) is 30.5 Å². The van der Waals surface area contributed by atoms with Crippen molar-refractivity contribution in [1.29, 1.82) is 0 Å². The van der Waals surface area contributed by atoms with Crippen molar-refractivity contribution in [3.05, 3.63) is 28.8 Å². The molecule has 7 heteroatoms. The molecule has 1 N–H and O–H groups in total. The minimum absolute atomic E-state index is 0.0686. The molecule has 0 bridgehead atoms. The van der Waals surface area contributed by atoms with E-state index in [9.17, 15) is 12.6 Å². The molecule has 1 rings (SSSR count). The van der Waals surface area contributed by atoms with Gasteiger partial charge in [-0.15, -0.1) is 0 Å². The van der Waals surface area contributed by atoms with Crippen molar-refractivity contribution in [3.63, 3.8) is 0 Å². The van der Waals surface area contributed by atoms with Crippen LogP contribution in [0.25, 0.3) is 0 Å². The summed E-state index contributed by atoms with van der Waals surface area (Å²) in [6, 6.07) is 4.58. The summed E-state index contributed by atoms with van der Waals surface area (Å²) in [6.45, 7) is 5.64. The maximum atomic E-state index is 12.3. The maximum Gasteiger partial charge on any atom is 0.242 e. The molecule has 0 fully saturated rings. The van der Waals surface area contributed by atoms with Crippen LogP contribution < -0.4 is 4.72 Å². The van der Waals surface area contributed by atoms with E-state index in [2.05, 4.69) is 4.72 Å². The first-order chi connectivity index (χ1) is 9.13. The van der Waals surface area contributed by atoms with E-state index in [1.54, 1.807) is 19.1 Å². The fraction of sp³-hybridized carbons (Fsp3) is 0.538. The lowest BCUT2D eigenvalue weighted by Gasteiger charge is -2.15. The summed E-state index contributed by atoms with van der Waals surface area (Å²) in [5.74, 6) is 0.475. The van der Waals surface area contributed by atoms with Crippen molar-refractivity contribution >= 4 is 32.4 Å². The molecule has 0 radical (unpaired) electrons. The number of sulfonamides is 1. The van der Waals surface area contributed by atoms with Gasteiger partial charge in [-0.2, -0.15) is 0 Å². The van der Waals surface area contributed by atoms with Crippen molar-refractivity contribution in [2.24, 2.45) is 0 Å².